The second kappa shape index (κ2) is 10.4. The van der Waals surface area contributed by atoms with Crippen molar-refractivity contribution in [1.82, 2.24) is 4.31 Å². The van der Waals surface area contributed by atoms with E-state index in [1.165, 1.54) is 4.31 Å². The predicted octanol–water partition coefficient (Wildman–Crippen LogP) is 3.63. The summed E-state index contributed by atoms with van der Waals surface area (Å²) in [5.74, 6) is 1.43. The van der Waals surface area contributed by atoms with E-state index >= 15 is 0 Å². The third kappa shape index (κ3) is 5.85. The van der Waals surface area contributed by atoms with Crippen LogP contribution in [0.25, 0.3) is 0 Å². The van der Waals surface area contributed by atoms with Gasteiger partial charge in [-0.15, -0.1) is 0 Å². The van der Waals surface area contributed by atoms with Gasteiger partial charge in [-0.3, -0.25) is 0 Å². The van der Waals surface area contributed by atoms with E-state index in [9.17, 15) is 13.5 Å². The molecule has 0 saturated heterocycles. The lowest BCUT2D eigenvalue weighted by Gasteiger charge is -2.23. The molecule has 0 saturated carbocycles. The fourth-order valence-electron chi connectivity index (χ4n) is 3.23. The first-order valence-electron chi connectivity index (χ1n) is 9.92. The number of rotatable bonds is 10. The van der Waals surface area contributed by atoms with Crippen molar-refractivity contribution < 1.29 is 23.0 Å². The highest BCUT2D eigenvalue weighted by molar-refractivity contribution is 7.89. The minimum absolute atomic E-state index is 0.0368. The number of ether oxygens (including phenoxy) is 2. The fraction of sp³-hybridized carbons (Fsp3) is 0.250. The van der Waals surface area contributed by atoms with E-state index in [1.807, 2.05) is 54.6 Å². The third-order valence-corrected chi connectivity index (χ3v) is 6.76. The molecule has 0 fully saturated rings. The molecule has 31 heavy (non-hydrogen) atoms. The Hall–Kier alpha value is -2.87. The van der Waals surface area contributed by atoms with Gasteiger partial charge in [0.25, 0.3) is 0 Å². The summed E-state index contributed by atoms with van der Waals surface area (Å²) in [6, 6.07) is 21.4. The SMILES string of the molecule is COc1ccc(CN(Cc2ccc(OC)cc2)S(=O)(=O)c2cccc(CCO)c2)cc1. The molecule has 0 aliphatic rings. The monoisotopic (exact) mass is 441 g/mol. The second-order valence-electron chi connectivity index (χ2n) is 7.09. The van der Waals surface area contributed by atoms with E-state index in [-0.39, 0.29) is 24.6 Å². The summed E-state index contributed by atoms with van der Waals surface area (Å²) < 4.78 is 39.0. The zero-order chi connectivity index (χ0) is 22.3. The van der Waals surface area contributed by atoms with Crippen LogP contribution in [-0.4, -0.2) is 38.7 Å². The van der Waals surface area contributed by atoms with Crippen molar-refractivity contribution in [3.05, 3.63) is 89.5 Å². The summed E-state index contributed by atoms with van der Waals surface area (Å²) in [6.45, 7) is 0.385. The lowest BCUT2D eigenvalue weighted by molar-refractivity contribution is 0.299. The van der Waals surface area contributed by atoms with Crippen LogP contribution in [0.3, 0.4) is 0 Å². The van der Waals surface area contributed by atoms with Crippen molar-refractivity contribution in [2.24, 2.45) is 0 Å². The Morgan fingerprint density at radius 3 is 1.74 bits per heavy atom. The van der Waals surface area contributed by atoms with Crippen LogP contribution < -0.4 is 9.47 Å². The zero-order valence-corrected chi connectivity index (χ0v) is 18.5. The van der Waals surface area contributed by atoms with Gasteiger partial charge in [0.05, 0.1) is 19.1 Å². The predicted molar refractivity (Wildman–Crippen MR) is 120 cm³/mol. The topological polar surface area (TPSA) is 76.1 Å². The van der Waals surface area contributed by atoms with Crippen LogP contribution in [0.1, 0.15) is 16.7 Å². The first-order valence-corrected chi connectivity index (χ1v) is 11.4. The Morgan fingerprint density at radius 2 is 1.29 bits per heavy atom. The average Bonchev–Trinajstić information content (AvgIpc) is 2.80. The van der Waals surface area contributed by atoms with Gasteiger partial charge in [0, 0.05) is 19.7 Å². The Bertz CT molecular complexity index is 1030. The largest absolute Gasteiger partial charge is 0.497 e. The summed E-state index contributed by atoms with van der Waals surface area (Å²) in [4.78, 5) is 0.209. The maximum atomic E-state index is 13.6. The molecule has 3 aromatic carbocycles. The van der Waals surface area contributed by atoms with Crippen LogP contribution >= 0.6 is 0 Å². The molecule has 0 atom stereocenters. The Kier molecular flexibility index (Phi) is 7.68. The smallest absolute Gasteiger partial charge is 0.243 e. The molecule has 0 aromatic heterocycles. The van der Waals surface area contributed by atoms with Crippen molar-refractivity contribution in [2.45, 2.75) is 24.4 Å². The van der Waals surface area contributed by atoms with Gasteiger partial charge in [0.2, 0.25) is 10.0 Å². The van der Waals surface area contributed by atoms with Gasteiger partial charge < -0.3 is 14.6 Å². The van der Waals surface area contributed by atoms with Gasteiger partial charge >= 0.3 is 0 Å². The van der Waals surface area contributed by atoms with E-state index in [0.29, 0.717) is 17.9 Å². The molecule has 3 rings (SSSR count). The van der Waals surface area contributed by atoms with Gasteiger partial charge in [0.15, 0.2) is 0 Å². The molecule has 1 N–H and O–H groups in total. The van der Waals surface area contributed by atoms with E-state index in [0.717, 1.165) is 16.7 Å². The molecule has 7 heteroatoms. The lowest BCUT2D eigenvalue weighted by atomic mass is 10.2. The number of aliphatic hydroxyl groups excluding tert-OH is 1. The Balaban J connectivity index is 1.95. The summed E-state index contributed by atoms with van der Waals surface area (Å²) >= 11 is 0. The van der Waals surface area contributed by atoms with Gasteiger partial charge in [-0.25, -0.2) is 8.42 Å². The molecular weight excluding hydrogens is 414 g/mol. The van der Waals surface area contributed by atoms with Crippen molar-refractivity contribution in [3.63, 3.8) is 0 Å². The van der Waals surface area contributed by atoms with E-state index in [4.69, 9.17) is 9.47 Å². The highest BCUT2D eigenvalue weighted by Gasteiger charge is 2.25. The van der Waals surface area contributed by atoms with Gasteiger partial charge in [-0.2, -0.15) is 4.31 Å². The van der Waals surface area contributed by atoms with Gasteiger partial charge in [-0.1, -0.05) is 36.4 Å². The van der Waals surface area contributed by atoms with Crippen LogP contribution in [0, 0.1) is 0 Å². The lowest BCUT2D eigenvalue weighted by Crippen LogP contribution is -2.30. The molecule has 6 nitrogen and oxygen atoms in total. The summed E-state index contributed by atoms with van der Waals surface area (Å²) in [6.07, 6.45) is 0.403. The van der Waals surface area contributed by atoms with Crippen LogP contribution in [-0.2, 0) is 29.5 Å². The number of sulfonamides is 1. The van der Waals surface area contributed by atoms with Gasteiger partial charge in [0.1, 0.15) is 11.5 Å². The van der Waals surface area contributed by atoms with Crippen molar-refractivity contribution in [2.75, 3.05) is 20.8 Å². The zero-order valence-electron chi connectivity index (χ0n) is 17.7. The van der Waals surface area contributed by atoms with Crippen LogP contribution in [0.5, 0.6) is 11.5 Å². The number of aliphatic hydroxyl groups is 1. The Labute approximate surface area is 183 Å². The number of methoxy groups -OCH3 is 2. The minimum atomic E-state index is -3.78. The summed E-state index contributed by atoms with van der Waals surface area (Å²) in [7, 11) is -0.596. The maximum Gasteiger partial charge on any atom is 0.243 e. The molecule has 0 spiro atoms. The number of hydrogen-bond acceptors (Lipinski definition) is 5. The summed E-state index contributed by atoms with van der Waals surface area (Å²) in [5.41, 5.74) is 2.48. The molecule has 3 aromatic rings. The fourth-order valence-corrected chi connectivity index (χ4v) is 4.72. The first kappa shape index (κ1) is 22.8. The second-order valence-corrected chi connectivity index (χ2v) is 9.03. The van der Waals surface area contributed by atoms with E-state index in [1.54, 1.807) is 32.4 Å². The van der Waals surface area contributed by atoms with E-state index < -0.39 is 10.0 Å². The van der Waals surface area contributed by atoms with Crippen molar-refractivity contribution in [1.29, 1.82) is 0 Å². The van der Waals surface area contributed by atoms with E-state index in [2.05, 4.69) is 0 Å². The molecule has 0 radical (unpaired) electrons. The molecule has 0 amide bonds. The molecule has 0 aliphatic carbocycles. The molecule has 0 bridgehead atoms. The van der Waals surface area contributed by atoms with Gasteiger partial charge in [-0.05, 0) is 59.5 Å². The number of nitrogens with zero attached hydrogens (tertiary/aromatic N) is 1. The van der Waals surface area contributed by atoms with Crippen LogP contribution in [0.4, 0.5) is 0 Å². The molecule has 0 unspecified atom stereocenters. The average molecular weight is 442 g/mol. The van der Waals surface area contributed by atoms with Crippen LogP contribution in [0.2, 0.25) is 0 Å². The van der Waals surface area contributed by atoms with Crippen molar-refractivity contribution >= 4 is 10.0 Å². The number of hydrogen-bond donors (Lipinski definition) is 1. The maximum absolute atomic E-state index is 13.6. The quantitative estimate of drug-likeness (QED) is 0.520. The first-order chi connectivity index (χ1) is 15.0. The minimum Gasteiger partial charge on any atom is -0.497 e. The number of benzene rings is 3. The Morgan fingerprint density at radius 1 is 0.774 bits per heavy atom. The molecule has 0 heterocycles. The molecule has 164 valence electrons. The highest BCUT2D eigenvalue weighted by Crippen LogP contribution is 2.24. The normalized spacial score (nSPS) is 11.5. The summed E-state index contributed by atoms with van der Waals surface area (Å²) in [5, 5.41) is 9.22. The molecular formula is C24H27NO5S. The van der Waals surface area contributed by atoms with Crippen molar-refractivity contribution in [3.8, 4) is 11.5 Å². The molecule has 0 aliphatic heterocycles. The third-order valence-electron chi connectivity index (χ3n) is 4.97. The van der Waals surface area contributed by atoms with Crippen LogP contribution in [0.15, 0.2) is 77.7 Å². The standard InChI is InChI=1S/C24H27NO5S/c1-29-22-10-6-20(7-11-22)17-25(18-21-8-12-23(30-2)13-9-21)31(27,28)24-5-3-4-19(16-24)14-15-26/h3-13,16,26H,14-15,17-18H2,1-2H3. The highest BCUT2D eigenvalue weighted by atomic mass is 32.2.